The van der Waals surface area contributed by atoms with Crippen LogP contribution in [0.2, 0.25) is 0 Å². The van der Waals surface area contributed by atoms with Gasteiger partial charge in [0.15, 0.2) is 5.76 Å². The first kappa shape index (κ1) is 20.0. The van der Waals surface area contributed by atoms with Gasteiger partial charge in [0.05, 0.1) is 25.9 Å². The number of rotatable bonds is 8. The molecule has 0 radical (unpaired) electrons. The summed E-state index contributed by atoms with van der Waals surface area (Å²) >= 11 is 0. The molecule has 7 nitrogen and oxygen atoms in total. The molecule has 0 atom stereocenters. The third-order valence-corrected chi connectivity index (χ3v) is 6.80. The predicted octanol–water partition coefficient (Wildman–Crippen LogP) is 2.68. The average Bonchev–Trinajstić information content (AvgIpc) is 3.02. The lowest BCUT2D eigenvalue weighted by Crippen LogP contribution is -2.41. The maximum Gasteiger partial charge on any atom is 0.248 e. The van der Waals surface area contributed by atoms with Crippen molar-refractivity contribution in [3.63, 3.8) is 0 Å². The molecule has 1 fully saturated rings. The van der Waals surface area contributed by atoms with Crippen LogP contribution < -0.4 is 0 Å². The van der Waals surface area contributed by atoms with E-state index in [1.54, 1.807) is 13.8 Å². The molecule has 0 bridgehead atoms. The van der Waals surface area contributed by atoms with Crippen molar-refractivity contribution in [1.82, 2.24) is 9.46 Å². The van der Waals surface area contributed by atoms with Gasteiger partial charge in [0.1, 0.15) is 10.6 Å². The van der Waals surface area contributed by atoms with Crippen LogP contribution in [0, 0.1) is 13.8 Å². The van der Waals surface area contributed by atoms with E-state index in [-0.39, 0.29) is 11.0 Å². The fraction of sp³-hybridized carbons (Fsp3) is 0.526. The summed E-state index contributed by atoms with van der Waals surface area (Å²) in [6, 6.07) is 10.00. The Morgan fingerprint density at radius 1 is 1.15 bits per heavy atom. The largest absolute Gasteiger partial charge is 0.376 e. The van der Waals surface area contributed by atoms with E-state index in [0.717, 1.165) is 5.56 Å². The molecule has 2 aromatic rings. The van der Waals surface area contributed by atoms with Gasteiger partial charge in [-0.3, -0.25) is 0 Å². The zero-order valence-corrected chi connectivity index (χ0v) is 16.6. The van der Waals surface area contributed by atoms with Gasteiger partial charge in [-0.1, -0.05) is 35.5 Å². The Morgan fingerprint density at radius 2 is 1.85 bits per heavy atom. The summed E-state index contributed by atoms with van der Waals surface area (Å²) in [4.78, 5) is 0.191. The Balaban J connectivity index is 1.40. The van der Waals surface area contributed by atoms with Crippen LogP contribution >= 0.6 is 0 Å². The minimum Gasteiger partial charge on any atom is -0.376 e. The predicted molar refractivity (Wildman–Crippen MR) is 99.8 cm³/mol. The van der Waals surface area contributed by atoms with Crippen molar-refractivity contribution < 1.29 is 22.4 Å². The Kier molecular flexibility index (Phi) is 6.64. The van der Waals surface area contributed by atoms with Gasteiger partial charge in [-0.05, 0) is 32.3 Å². The van der Waals surface area contributed by atoms with Gasteiger partial charge in [0.2, 0.25) is 10.0 Å². The highest BCUT2D eigenvalue weighted by Gasteiger charge is 2.33. The Labute approximate surface area is 160 Å². The minimum absolute atomic E-state index is 0.0569. The molecular weight excluding hydrogens is 368 g/mol. The molecule has 1 aliphatic heterocycles. The van der Waals surface area contributed by atoms with E-state index in [4.69, 9.17) is 14.0 Å². The zero-order chi connectivity index (χ0) is 19.3. The lowest BCUT2D eigenvalue weighted by Gasteiger charge is -2.31. The molecule has 0 aliphatic carbocycles. The van der Waals surface area contributed by atoms with Crippen LogP contribution in [0.1, 0.15) is 29.9 Å². The van der Waals surface area contributed by atoms with Gasteiger partial charge in [0.25, 0.3) is 0 Å². The number of sulfonamides is 1. The first-order chi connectivity index (χ1) is 13.0. The summed E-state index contributed by atoms with van der Waals surface area (Å²) in [5, 5.41) is 3.75. The SMILES string of the molecule is Cc1noc(C)c1S(=O)(=O)N1CCC(OCCOCc2ccccc2)CC1. The van der Waals surface area contributed by atoms with E-state index in [2.05, 4.69) is 5.16 Å². The van der Waals surface area contributed by atoms with E-state index in [0.29, 0.717) is 57.2 Å². The quantitative estimate of drug-likeness (QED) is 0.640. The number of benzene rings is 1. The van der Waals surface area contributed by atoms with E-state index in [9.17, 15) is 8.42 Å². The average molecular weight is 394 g/mol. The molecule has 0 saturated carbocycles. The van der Waals surface area contributed by atoms with Crippen LogP contribution in [0.5, 0.6) is 0 Å². The van der Waals surface area contributed by atoms with Crippen molar-refractivity contribution in [3.8, 4) is 0 Å². The number of aromatic nitrogens is 1. The van der Waals surface area contributed by atoms with Crippen LogP contribution in [0.4, 0.5) is 0 Å². The van der Waals surface area contributed by atoms with Crippen LogP contribution in [0.3, 0.4) is 0 Å². The highest BCUT2D eigenvalue weighted by Crippen LogP contribution is 2.26. The lowest BCUT2D eigenvalue weighted by molar-refractivity contribution is -0.0175. The molecule has 3 rings (SSSR count). The van der Waals surface area contributed by atoms with E-state index in [1.807, 2.05) is 30.3 Å². The third kappa shape index (κ3) is 4.95. The molecule has 148 valence electrons. The molecule has 1 saturated heterocycles. The minimum atomic E-state index is -3.57. The van der Waals surface area contributed by atoms with E-state index >= 15 is 0 Å². The summed E-state index contributed by atoms with van der Waals surface area (Å²) in [5.74, 6) is 0.335. The highest BCUT2D eigenvalue weighted by atomic mass is 32.2. The van der Waals surface area contributed by atoms with Crippen molar-refractivity contribution >= 4 is 10.0 Å². The molecule has 0 N–H and O–H groups in total. The Bertz CT molecular complexity index is 808. The number of hydrogen-bond acceptors (Lipinski definition) is 6. The van der Waals surface area contributed by atoms with Crippen LogP contribution in [-0.4, -0.2) is 50.3 Å². The van der Waals surface area contributed by atoms with Gasteiger partial charge >= 0.3 is 0 Å². The first-order valence-corrected chi connectivity index (χ1v) is 10.6. The molecular formula is C19H26N2O5S. The molecule has 0 amide bonds. The number of aryl methyl sites for hydroxylation is 2. The van der Waals surface area contributed by atoms with Crippen molar-refractivity contribution in [2.75, 3.05) is 26.3 Å². The van der Waals surface area contributed by atoms with E-state index in [1.165, 1.54) is 4.31 Å². The smallest absolute Gasteiger partial charge is 0.248 e. The lowest BCUT2D eigenvalue weighted by atomic mass is 10.1. The van der Waals surface area contributed by atoms with Crippen LogP contribution in [0.25, 0.3) is 0 Å². The number of ether oxygens (including phenoxy) is 2. The molecule has 27 heavy (non-hydrogen) atoms. The molecule has 0 unspecified atom stereocenters. The maximum absolute atomic E-state index is 12.8. The topological polar surface area (TPSA) is 81.9 Å². The van der Waals surface area contributed by atoms with Crippen molar-refractivity contribution in [3.05, 3.63) is 47.3 Å². The molecule has 1 aliphatic rings. The molecule has 1 aromatic carbocycles. The van der Waals surface area contributed by atoms with Crippen molar-refractivity contribution in [2.45, 2.75) is 44.3 Å². The maximum atomic E-state index is 12.8. The molecule has 2 heterocycles. The van der Waals surface area contributed by atoms with Gasteiger partial charge in [-0.25, -0.2) is 8.42 Å². The second-order valence-electron chi connectivity index (χ2n) is 6.67. The van der Waals surface area contributed by atoms with Gasteiger partial charge in [-0.2, -0.15) is 4.31 Å². The summed E-state index contributed by atoms with van der Waals surface area (Å²) in [5.41, 5.74) is 1.54. The molecule has 8 heteroatoms. The summed E-state index contributed by atoms with van der Waals surface area (Å²) in [7, 11) is -3.57. The van der Waals surface area contributed by atoms with Gasteiger partial charge in [0, 0.05) is 13.1 Å². The zero-order valence-electron chi connectivity index (χ0n) is 15.8. The number of hydrogen-bond donors (Lipinski definition) is 0. The van der Waals surface area contributed by atoms with Crippen LogP contribution in [0.15, 0.2) is 39.8 Å². The standard InChI is InChI=1S/C19H26N2O5S/c1-15-19(16(2)26-20-15)27(22,23)21-10-8-18(9-11-21)25-13-12-24-14-17-6-4-3-5-7-17/h3-7,18H,8-14H2,1-2H3. The normalized spacial score (nSPS) is 16.7. The second kappa shape index (κ2) is 8.97. The first-order valence-electron chi connectivity index (χ1n) is 9.15. The van der Waals surface area contributed by atoms with Gasteiger partial charge < -0.3 is 14.0 Å². The third-order valence-electron chi connectivity index (χ3n) is 4.66. The number of piperidine rings is 1. The summed E-state index contributed by atoms with van der Waals surface area (Å²) in [6.45, 7) is 5.73. The van der Waals surface area contributed by atoms with E-state index < -0.39 is 10.0 Å². The summed E-state index contributed by atoms with van der Waals surface area (Å²) in [6.07, 6.45) is 1.39. The fourth-order valence-electron chi connectivity index (χ4n) is 3.25. The molecule has 1 aromatic heterocycles. The van der Waals surface area contributed by atoms with Gasteiger partial charge in [-0.15, -0.1) is 0 Å². The Hall–Kier alpha value is -1.74. The monoisotopic (exact) mass is 394 g/mol. The summed E-state index contributed by atoms with van der Waals surface area (Å²) < 4.78 is 43.5. The van der Waals surface area contributed by atoms with Crippen LogP contribution in [-0.2, 0) is 26.1 Å². The Morgan fingerprint density at radius 3 is 2.48 bits per heavy atom. The highest BCUT2D eigenvalue weighted by molar-refractivity contribution is 7.89. The molecule has 0 spiro atoms. The fourth-order valence-corrected chi connectivity index (χ4v) is 5.01. The second-order valence-corrected chi connectivity index (χ2v) is 8.54. The number of nitrogens with zero attached hydrogens (tertiary/aromatic N) is 2. The van der Waals surface area contributed by atoms with Crippen molar-refractivity contribution in [1.29, 1.82) is 0 Å². The van der Waals surface area contributed by atoms with Crippen molar-refractivity contribution in [2.24, 2.45) is 0 Å².